The van der Waals surface area contributed by atoms with Gasteiger partial charge in [-0.1, -0.05) is 25.1 Å². The van der Waals surface area contributed by atoms with Gasteiger partial charge in [0.25, 0.3) is 5.91 Å². The van der Waals surface area contributed by atoms with Crippen molar-refractivity contribution in [3.05, 3.63) is 53.3 Å². The van der Waals surface area contributed by atoms with Gasteiger partial charge in [-0.25, -0.2) is 5.01 Å². The molecule has 0 radical (unpaired) electrons. The van der Waals surface area contributed by atoms with Crippen molar-refractivity contribution in [2.24, 2.45) is 0 Å². The third-order valence-corrected chi connectivity index (χ3v) is 4.94. The number of amides is 1. The lowest BCUT2D eigenvalue weighted by atomic mass is 10.00. The van der Waals surface area contributed by atoms with Gasteiger partial charge in [-0.15, -0.1) is 0 Å². The van der Waals surface area contributed by atoms with Crippen LogP contribution >= 0.6 is 0 Å². The monoisotopic (exact) mass is 367 g/mol. The van der Waals surface area contributed by atoms with Crippen molar-refractivity contribution in [1.82, 2.24) is 15.4 Å². The first kappa shape index (κ1) is 19.2. The van der Waals surface area contributed by atoms with Crippen LogP contribution < -0.4 is 5.43 Å². The molecule has 1 amide bonds. The molecule has 1 saturated heterocycles. The highest BCUT2D eigenvalue weighted by atomic mass is 16.5. The van der Waals surface area contributed by atoms with Crippen molar-refractivity contribution in [3.8, 4) is 11.1 Å². The number of benzene rings is 1. The number of hydrogen-bond donors (Lipinski definition) is 1. The van der Waals surface area contributed by atoms with E-state index in [1.54, 1.807) is 12.3 Å². The van der Waals surface area contributed by atoms with Gasteiger partial charge in [0, 0.05) is 43.1 Å². The number of nitrogens with one attached hydrogen (secondary N) is 1. The Morgan fingerprint density at radius 1 is 1.26 bits per heavy atom. The van der Waals surface area contributed by atoms with Gasteiger partial charge in [-0.05, 0) is 43.0 Å². The van der Waals surface area contributed by atoms with Crippen LogP contribution in [0.4, 0.5) is 0 Å². The Labute approximate surface area is 159 Å². The fourth-order valence-corrected chi connectivity index (χ4v) is 3.31. The third-order valence-electron chi connectivity index (χ3n) is 4.94. The van der Waals surface area contributed by atoms with Crippen molar-refractivity contribution >= 4 is 12.2 Å². The van der Waals surface area contributed by atoms with Crippen LogP contribution in [0, 0.1) is 6.92 Å². The molecule has 0 bridgehead atoms. The molecular weight excluding hydrogens is 342 g/mol. The lowest BCUT2D eigenvalue weighted by Crippen LogP contribution is -2.50. The molecule has 27 heavy (non-hydrogen) atoms. The molecule has 1 fully saturated rings. The van der Waals surface area contributed by atoms with Gasteiger partial charge in [0.05, 0.1) is 0 Å². The number of rotatable bonds is 6. The summed E-state index contributed by atoms with van der Waals surface area (Å²) in [6, 6.07) is 9.58. The highest BCUT2D eigenvalue weighted by Gasteiger charge is 2.23. The van der Waals surface area contributed by atoms with Crippen LogP contribution in [0.2, 0.25) is 0 Å². The fourth-order valence-electron chi connectivity index (χ4n) is 3.31. The summed E-state index contributed by atoms with van der Waals surface area (Å²) in [5, 5.41) is 2.01. The maximum absolute atomic E-state index is 12.9. The average Bonchev–Trinajstić information content (AvgIpc) is 2.73. The second-order valence-corrected chi connectivity index (χ2v) is 6.69. The number of carbonyl (C=O) groups is 2. The summed E-state index contributed by atoms with van der Waals surface area (Å²) in [6.07, 6.45) is 4.20. The second kappa shape index (κ2) is 8.88. The summed E-state index contributed by atoms with van der Waals surface area (Å²) in [5.41, 5.74) is 6.77. The molecule has 0 saturated carbocycles. The minimum atomic E-state index is -0.111. The molecule has 142 valence electrons. The molecule has 1 aliphatic rings. The minimum absolute atomic E-state index is 0.111. The van der Waals surface area contributed by atoms with Gasteiger partial charge >= 0.3 is 0 Å². The second-order valence-electron chi connectivity index (χ2n) is 6.69. The Hall–Kier alpha value is -2.57. The summed E-state index contributed by atoms with van der Waals surface area (Å²) in [6.45, 7) is 6.17. The first-order valence-electron chi connectivity index (χ1n) is 9.30. The molecule has 1 aliphatic heterocycles. The van der Waals surface area contributed by atoms with E-state index in [4.69, 9.17) is 4.74 Å². The van der Waals surface area contributed by atoms with Gasteiger partial charge < -0.3 is 4.74 Å². The summed E-state index contributed by atoms with van der Waals surface area (Å²) in [7, 11) is 0. The van der Waals surface area contributed by atoms with Gasteiger partial charge in [-0.2, -0.15) is 0 Å². The van der Waals surface area contributed by atoms with E-state index >= 15 is 0 Å². The van der Waals surface area contributed by atoms with Crippen LogP contribution in [0.3, 0.4) is 0 Å². The molecule has 0 aliphatic carbocycles. The zero-order valence-corrected chi connectivity index (χ0v) is 15.8. The third kappa shape index (κ3) is 4.59. The molecular formula is C21H25N3O3. The van der Waals surface area contributed by atoms with Crippen LogP contribution in [-0.2, 0) is 4.74 Å². The summed E-state index contributed by atoms with van der Waals surface area (Å²) in [4.78, 5) is 27.8. The summed E-state index contributed by atoms with van der Waals surface area (Å²) >= 11 is 0. The number of pyridine rings is 1. The number of aryl methyl sites for hydroxylation is 1. The normalized spacial score (nSPS) is 14.9. The SMILES string of the molecule is CCN(NC(=O)c1cc(-c2ccc(C=O)nc2)ccc1C)C1CCOCC1. The smallest absolute Gasteiger partial charge is 0.265 e. The molecule has 0 atom stereocenters. The highest BCUT2D eigenvalue weighted by molar-refractivity contribution is 5.96. The first-order valence-corrected chi connectivity index (χ1v) is 9.30. The van der Waals surface area contributed by atoms with Crippen molar-refractivity contribution in [3.63, 3.8) is 0 Å². The lowest BCUT2D eigenvalue weighted by Gasteiger charge is -2.33. The van der Waals surface area contributed by atoms with Gasteiger partial charge in [0.15, 0.2) is 6.29 Å². The molecule has 0 unspecified atom stereocenters. The van der Waals surface area contributed by atoms with Gasteiger partial charge in [0.1, 0.15) is 5.69 Å². The Morgan fingerprint density at radius 2 is 2.00 bits per heavy atom. The number of carbonyl (C=O) groups excluding carboxylic acids is 2. The number of nitrogens with zero attached hydrogens (tertiary/aromatic N) is 2. The van der Waals surface area contributed by atoms with Crippen LogP contribution in [-0.4, -0.2) is 48.0 Å². The lowest BCUT2D eigenvalue weighted by molar-refractivity contribution is 0.0147. The number of aromatic nitrogens is 1. The molecule has 6 nitrogen and oxygen atoms in total. The van der Waals surface area contributed by atoms with Crippen LogP contribution in [0.5, 0.6) is 0 Å². The molecule has 1 aromatic heterocycles. The summed E-state index contributed by atoms with van der Waals surface area (Å²) in [5.74, 6) is -0.111. The van der Waals surface area contributed by atoms with E-state index in [1.165, 1.54) is 0 Å². The zero-order valence-electron chi connectivity index (χ0n) is 15.8. The fraction of sp³-hybridized carbons (Fsp3) is 0.381. The predicted molar refractivity (Wildman–Crippen MR) is 103 cm³/mol. The molecule has 2 heterocycles. The van der Waals surface area contributed by atoms with Crippen molar-refractivity contribution < 1.29 is 14.3 Å². The predicted octanol–water partition coefficient (Wildman–Crippen LogP) is 3.02. The minimum Gasteiger partial charge on any atom is -0.381 e. The summed E-state index contributed by atoms with van der Waals surface area (Å²) < 4.78 is 5.42. The maximum Gasteiger partial charge on any atom is 0.265 e. The standard InChI is InChI=1S/C21H25N3O3/c1-3-24(19-8-10-27-11-9-19)23-21(26)20-12-16(5-4-15(20)2)17-6-7-18(14-25)22-13-17/h4-7,12-14,19H,3,8-11H2,1-2H3,(H,23,26). The maximum atomic E-state index is 12.9. The number of ether oxygens (including phenoxy) is 1. The number of hydrogen-bond acceptors (Lipinski definition) is 5. The molecule has 6 heteroatoms. The van der Waals surface area contributed by atoms with Gasteiger partial charge in [-0.3, -0.25) is 20.0 Å². The Morgan fingerprint density at radius 3 is 2.63 bits per heavy atom. The van der Waals surface area contributed by atoms with Crippen LogP contribution in [0.1, 0.15) is 46.2 Å². The molecule has 2 aromatic rings. The van der Waals surface area contributed by atoms with Crippen LogP contribution in [0.15, 0.2) is 36.5 Å². The van der Waals surface area contributed by atoms with Crippen LogP contribution in [0.25, 0.3) is 11.1 Å². The number of hydrazine groups is 1. The van der Waals surface area contributed by atoms with Gasteiger partial charge in [0.2, 0.25) is 0 Å². The quantitative estimate of drug-likeness (QED) is 0.628. The van der Waals surface area contributed by atoms with Crippen molar-refractivity contribution in [1.29, 1.82) is 0 Å². The molecule has 3 rings (SSSR count). The van der Waals surface area contributed by atoms with E-state index in [-0.39, 0.29) is 5.91 Å². The van der Waals surface area contributed by atoms with E-state index < -0.39 is 0 Å². The largest absolute Gasteiger partial charge is 0.381 e. The topological polar surface area (TPSA) is 71.5 Å². The van der Waals surface area contributed by atoms with E-state index in [2.05, 4.69) is 10.4 Å². The van der Waals surface area contributed by atoms with E-state index in [0.717, 1.165) is 49.3 Å². The Bertz CT molecular complexity index is 799. The Balaban J connectivity index is 1.79. The molecule has 1 N–H and O–H groups in total. The van der Waals surface area contributed by atoms with Crippen molar-refractivity contribution in [2.75, 3.05) is 19.8 Å². The number of aldehydes is 1. The van der Waals surface area contributed by atoms with E-state index in [9.17, 15) is 9.59 Å². The van der Waals surface area contributed by atoms with E-state index in [1.807, 2.05) is 43.1 Å². The zero-order chi connectivity index (χ0) is 19.2. The van der Waals surface area contributed by atoms with Crippen molar-refractivity contribution in [2.45, 2.75) is 32.7 Å². The average molecular weight is 367 g/mol. The molecule has 0 spiro atoms. The molecule has 1 aromatic carbocycles. The Kier molecular flexibility index (Phi) is 6.32. The van der Waals surface area contributed by atoms with E-state index in [0.29, 0.717) is 23.6 Å². The first-order chi connectivity index (χ1) is 13.1. The highest BCUT2D eigenvalue weighted by Crippen LogP contribution is 2.22.